The zero-order chi connectivity index (χ0) is 19.1. The minimum Gasteiger partial charge on any atom is -0.303 e. The molecular formula is C20H31O4P. The molecule has 2 N–H and O–H groups in total. The van der Waals surface area contributed by atoms with Gasteiger partial charge in [0.15, 0.2) is 0 Å². The highest BCUT2D eigenvalue weighted by Gasteiger charge is 2.26. The monoisotopic (exact) mass is 366 g/mol. The molecule has 140 valence electrons. The van der Waals surface area contributed by atoms with Crippen LogP contribution in [0, 0.1) is 5.41 Å². The molecule has 0 bridgehead atoms. The van der Waals surface area contributed by atoms with E-state index in [2.05, 4.69) is 44.4 Å². The summed E-state index contributed by atoms with van der Waals surface area (Å²) in [6.45, 7) is 10.7. The Morgan fingerprint density at radius 2 is 1.92 bits per heavy atom. The summed E-state index contributed by atoms with van der Waals surface area (Å²) in [5.74, 6) is 0. The molecule has 25 heavy (non-hydrogen) atoms. The summed E-state index contributed by atoms with van der Waals surface area (Å²) >= 11 is 0. The first-order valence-electron chi connectivity index (χ1n) is 8.61. The minimum absolute atomic E-state index is 0.106. The van der Waals surface area contributed by atoms with Gasteiger partial charge in [0.2, 0.25) is 0 Å². The highest BCUT2D eigenvalue weighted by molar-refractivity contribution is 7.46. The van der Waals surface area contributed by atoms with Gasteiger partial charge in [-0.15, -0.1) is 0 Å². The summed E-state index contributed by atoms with van der Waals surface area (Å²) < 4.78 is 15.0. The van der Waals surface area contributed by atoms with Crippen LogP contribution in [0.1, 0.15) is 53.9 Å². The molecule has 1 aliphatic carbocycles. The zero-order valence-corrected chi connectivity index (χ0v) is 16.8. The third-order valence-corrected chi connectivity index (χ3v) is 4.91. The summed E-state index contributed by atoms with van der Waals surface area (Å²) in [5.41, 5.74) is 5.21. The van der Waals surface area contributed by atoms with Gasteiger partial charge in [-0.25, -0.2) is 4.57 Å². The fourth-order valence-electron chi connectivity index (χ4n) is 2.97. The number of allylic oxidation sites excluding steroid dienone is 9. The molecule has 0 spiro atoms. The predicted octanol–water partition coefficient (Wildman–Crippen LogP) is 5.63. The van der Waals surface area contributed by atoms with Crippen molar-refractivity contribution in [2.24, 2.45) is 5.41 Å². The van der Waals surface area contributed by atoms with Crippen molar-refractivity contribution in [2.75, 3.05) is 6.61 Å². The minimum atomic E-state index is -4.40. The molecule has 0 heterocycles. The Kier molecular flexibility index (Phi) is 8.30. The van der Waals surface area contributed by atoms with Crippen molar-refractivity contribution in [3.63, 3.8) is 0 Å². The van der Waals surface area contributed by atoms with Crippen LogP contribution in [-0.2, 0) is 9.09 Å². The first-order valence-corrected chi connectivity index (χ1v) is 10.1. The molecule has 0 radical (unpaired) electrons. The lowest BCUT2D eigenvalue weighted by Crippen LogP contribution is -2.19. The number of hydrogen-bond acceptors (Lipinski definition) is 2. The molecule has 0 unspecified atom stereocenters. The van der Waals surface area contributed by atoms with Crippen LogP contribution in [0.25, 0.3) is 0 Å². The van der Waals surface area contributed by atoms with E-state index in [0.717, 1.165) is 11.1 Å². The molecule has 0 aromatic rings. The Labute approximate surface area is 151 Å². The van der Waals surface area contributed by atoms with Crippen LogP contribution in [0.5, 0.6) is 0 Å². The molecule has 0 saturated carbocycles. The molecule has 1 rings (SSSR count). The maximum Gasteiger partial charge on any atom is 0.469 e. The van der Waals surface area contributed by atoms with Crippen molar-refractivity contribution in [2.45, 2.75) is 53.9 Å². The second kappa shape index (κ2) is 9.49. The van der Waals surface area contributed by atoms with Crippen molar-refractivity contribution in [3.8, 4) is 0 Å². The average molecular weight is 366 g/mol. The lowest BCUT2D eigenvalue weighted by molar-refractivity contribution is 0.215. The zero-order valence-electron chi connectivity index (χ0n) is 16.0. The third-order valence-electron chi connectivity index (χ3n) is 4.42. The Hall–Kier alpha value is -1.19. The molecule has 5 heteroatoms. The van der Waals surface area contributed by atoms with Crippen LogP contribution in [0.3, 0.4) is 0 Å². The average Bonchev–Trinajstić information content (AvgIpc) is 2.44. The summed E-state index contributed by atoms with van der Waals surface area (Å²) in [6, 6.07) is 0. The highest BCUT2D eigenvalue weighted by atomic mass is 31.2. The standard InChI is InChI=1S/C20H31O4P/c1-16(8-6-9-17(2)13-15-24-25(21,22)23)11-12-19-18(3)10-7-14-20(19,4)5/h6,8-9,11-13H,7,10,14-15H2,1-5H3,(H2,21,22,23)/b9-6+,12-11+,16-8-,17-13+. The van der Waals surface area contributed by atoms with Gasteiger partial charge < -0.3 is 9.79 Å². The molecule has 0 aromatic carbocycles. The van der Waals surface area contributed by atoms with E-state index in [0.29, 0.717) is 0 Å². The van der Waals surface area contributed by atoms with Gasteiger partial charge in [-0.2, -0.15) is 0 Å². The van der Waals surface area contributed by atoms with E-state index in [1.165, 1.54) is 30.4 Å². The summed E-state index contributed by atoms with van der Waals surface area (Å²) in [7, 11) is -4.40. The van der Waals surface area contributed by atoms with Crippen molar-refractivity contribution in [1.82, 2.24) is 0 Å². The van der Waals surface area contributed by atoms with Crippen molar-refractivity contribution in [1.29, 1.82) is 0 Å². The van der Waals surface area contributed by atoms with Crippen LogP contribution in [0.4, 0.5) is 0 Å². The molecular weight excluding hydrogens is 335 g/mol. The van der Waals surface area contributed by atoms with E-state index < -0.39 is 7.82 Å². The van der Waals surface area contributed by atoms with Gasteiger partial charge in [0.25, 0.3) is 0 Å². The Morgan fingerprint density at radius 3 is 2.52 bits per heavy atom. The molecule has 0 aromatic heterocycles. The number of phosphoric acid groups is 1. The smallest absolute Gasteiger partial charge is 0.303 e. The van der Waals surface area contributed by atoms with Gasteiger partial charge in [0.05, 0.1) is 6.61 Å². The maximum atomic E-state index is 10.6. The maximum absolute atomic E-state index is 10.6. The normalized spacial score (nSPS) is 20.1. The largest absolute Gasteiger partial charge is 0.469 e. The number of hydrogen-bond donors (Lipinski definition) is 2. The van der Waals surface area contributed by atoms with Crippen LogP contribution >= 0.6 is 7.82 Å². The van der Waals surface area contributed by atoms with Crippen LogP contribution in [-0.4, -0.2) is 16.4 Å². The summed E-state index contributed by atoms with van der Waals surface area (Å²) in [6.07, 6.45) is 15.5. The lowest BCUT2D eigenvalue weighted by atomic mass is 9.72. The van der Waals surface area contributed by atoms with Gasteiger partial charge >= 0.3 is 7.82 Å². The van der Waals surface area contributed by atoms with E-state index in [4.69, 9.17) is 9.79 Å². The molecule has 1 aliphatic rings. The number of phosphoric ester groups is 1. The first kappa shape index (κ1) is 21.9. The summed E-state index contributed by atoms with van der Waals surface area (Å²) in [4.78, 5) is 17.2. The van der Waals surface area contributed by atoms with Gasteiger partial charge in [-0.05, 0) is 51.0 Å². The quantitative estimate of drug-likeness (QED) is 0.453. The van der Waals surface area contributed by atoms with Crippen molar-refractivity contribution < 1.29 is 18.9 Å². The lowest BCUT2D eigenvalue weighted by Gasteiger charge is -2.32. The second-order valence-electron chi connectivity index (χ2n) is 7.27. The van der Waals surface area contributed by atoms with E-state index in [9.17, 15) is 4.57 Å². The predicted molar refractivity (Wildman–Crippen MR) is 104 cm³/mol. The molecule has 0 atom stereocenters. The van der Waals surface area contributed by atoms with Crippen molar-refractivity contribution in [3.05, 3.63) is 58.7 Å². The van der Waals surface area contributed by atoms with Crippen molar-refractivity contribution >= 4 is 7.82 Å². The molecule has 4 nitrogen and oxygen atoms in total. The molecule has 0 saturated heterocycles. The SMILES string of the molecule is CC1=C(/C=C/C(C)=C\C=C\C(C)=C\COP(=O)(O)O)C(C)(C)CCC1. The Morgan fingerprint density at radius 1 is 1.24 bits per heavy atom. The van der Waals surface area contributed by atoms with Crippen LogP contribution < -0.4 is 0 Å². The van der Waals surface area contributed by atoms with Gasteiger partial charge in [0.1, 0.15) is 0 Å². The van der Waals surface area contributed by atoms with E-state index in [1.807, 2.05) is 25.2 Å². The Balaban J connectivity index is 2.66. The van der Waals surface area contributed by atoms with E-state index in [1.54, 1.807) is 6.08 Å². The molecule has 0 amide bonds. The molecule has 0 aliphatic heterocycles. The molecule has 0 fully saturated rings. The van der Waals surface area contributed by atoms with E-state index in [-0.39, 0.29) is 12.0 Å². The topological polar surface area (TPSA) is 66.8 Å². The first-order chi connectivity index (χ1) is 11.5. The number of rotatable bonds is 7. The van der Waals surface area contributed by atoms with Gasteiger partial charge in [-0.1, -0.05) is 67.0 Å². The highest BCUT2D eigenvalue weighted by Crippen LogP contribution is 2.40. The van der Waals surface area contributed by atoms with Gasteiger partial charge in [-0.3, -0.25) is 4.52 Å². The van der Waals surface area contributed by atoms with E-state index >= 15 is 0 Å². The van der Waals surface area contributed by atoms with Crippen LogP contribution in [0.2, 0.25) is 0 Å². The van der Waals surface area contributed by atoms with Crippen LogP contribution in [0.15, 0.2) is 58.7 Å². The fraction of sp³-hybridized carbons (Fsp3) is 0.500. The second-order valence-corrected chi connectivity index (χ2v) is 8.51. The van der Waals surface area contributed by atoms with Gasteiger partial charge in [0, 0.05) is 0 Å². The Bertz CT molecular complexity index is 657. The third kappa shape index (κ3) is 8.64. The summed E-state index contributed by atoms with van der Waals surface area (Å²) in [5, 5.41) is 0. The fourth-order valence-corrected chi connectivity index (χ4v) is 3.23.